The molecule has 3 nitrogen and oxygen atoms in total. The minimum absolute atomic E-state index is 0.947. The van der Waals surface area contributed by atoms with Gasteiger partial charge in [-0.2, -0.15) is 5.10 Å². The Kier molecular flexibility index (Phi) is 2.03. The van der Waals surface area contributed by atoms with Gasteiger partial charge in [0.2, 0.25) is 0 Å². The van der Waals surface area contributed by atoms with Gasteiger partial charge in [0.05, 0.1) is 11.4 Å². The third-order valence-electron chi connectivity index (χ3n) is 2.75. The van der Waals surface area contributed by atoms with Crippen molar-refractivity contribution in [3.05, 3.63) is 47.8 Å². The quantitative estimate of drug-likeness (QED) is 0.754. The molecule has 0 spiro atoms. The summed E-state index contributed by atoms with van der Waals surface area (Å²) in [6.45, 7) is 1.99. The Balaban J connectivity index is 2.03. The van der Waals surface area contributed by atoms with Crippen molar-refractivity contribution in [2.24, 2.45) is 0 Å². The lowest BCUT2D eigenvalue weighted by atomic mass is 10.1. The monoisotopic (exact) mass is 199 g/mol. The van der Waals surface area contributed by atoms with Crippen molar-refractivity contribution in [3.8, 4) is 5.69 Å². The van der Waals surface area contributed by atoms with Crippen LogP contribution in [-0.2, 0) is 13.0 Å². The molecule has 2 aromatic rings. The van der Waals surface area contributed by atoms with Crippen LogP contribution in [0.15, 0.2) is 36.5 Å². The van der Waals surface area contributed by atoms with Gasteiger partial charge in [-0.25, -0.2) is 4.68 Å². The summed E-state index contributed by atoms with van der Waals surface area (Å²) in [6, 6.07) is 10.2. The summed E-state index contributed by atoms with van der Waals surface area (Å²) in [7, 11) is 0. The number of benzene rings is 1. The fraction of sp³-hybridized carbons (Fsp3) is 0.250. The van der Waals surface area contributed by atoms with Crippen LogP contribution in [0.25, 0.3) is 5.69 Å². The van der Waals surface area contributed by atoms with Gasteiger partial charge in [-0.1, -0.05) is 18.2 Å². The Morgan fingerprint density at radius 3 is 2.87 bits per heavy atom. The molecule has 15 heavy (non-hydrogen) atoms. The summed E-state index contributed by atoms with van der Waals surface area (Å²) in [5, 5.41) is 7.95. The Morgan fingerprint density at radius 1 is 1.20 bits per heavy atom. The topological polar surface area (TPSA) is 29.9 Å². The molecule has 0 fully saturated rings. The van der Waals surface area contributed by atoms with E-state index in [4.69, 9.17) is 0 Å². The molecule has 0 bridgehead atoms. The Bertz CT molecular complexity index is 435. The second-order valence-corrected chi connectivity index (χ2v) is 3.81. The Morgan fingerprint density at radius 2 is 2.07 bits per heavy atom. The summed E-state index contributed by atoms with van der Waals surface area (Å²) in [4.78, 5) is 0. The third-order valence-corrected chi connectivity index (χ3v) is 2.75. The van der Waals surface area contributed by atoms with Crippen molar-refractivity contribution in [3.63, 3.8) is 0 Å². The number of para-hydroxylation sites is 1. The van der Waals surface area contributed by atoms with Crippen LogP contribution in [0.1, 0.15) is 11.3 Å². The van der Waals surface area contributed by atoms with Crippen molar-refractivity contribution in [2.45, 2.75) is 13.0 Å². The Hall–Kier alpha value is -1.61. The molecular formula is C12H13N3. The van der Waals surface area contributed by atoms with Gasteiger partial charge >= 0.3 is 0 Å². The molecule has 0 radical (unpaired) electrons. The van der Waals surface area contributed by atoms with Crippen LogP contribution in [0, 0.1) is 0 Å². The average molecular weight is 199 g/mol. The maximum atomic E-state index is 4.60. The summed E-state index contributed by atoms with van der Waals surface area (Å²) >= 11 is 0. The predicted octanol–water partition coefficient (Wildman–Crippen LogP) is 1.52. The van der Waals surface area contributed by atoms with Gasteiger partial charge in [0.15, 0.2) is 0 Å². The van der Waals surface area contributed by atoms with Crippen LogP contribution in [0.3, 0.4) is 0 Å². The normalized spacial score (nSPS) is 14.9. The zero-order valence-electron chi connectivity index (χ0n) is 8.48. The highest BCUT2D eigenvalue weighted by atomic mass is 15.3. The van der Waals surface area contributed by atoms with Gasteiger partial charge in [-0.3, -0.25) is 0 Å². The van der Waals surface area contributed by atoms with Gasteiger partial charge in [0.1, 0.15) is 0 Å². The molecule has 1 aromatic carbocycles. The first-order valence-electron chi connectivity index (χ1n) is 5.27. The molecular weight excluding hydrogens is 186 g/mol. The minimum Gasteiger partial charge on any atom is -0.312 e. The second-order valence-electron chi connectivity index (χ2n) is 3.81. The summed E-state index contributed by atoms with van der Waals surface area (Å²) in [6.07, 6.45) is 3.16. The highest BCUT2D eigenvalue weighted by Gasteiger charge is 2.12. The van der Waals surface area contributed by atoms with Gasteiger partial charge < -0.3 is 5.32 Å². The Labute approximate surface area is 88.7 Å². The summed E-state index contributed by atoms with van der Waals surface area (Å²) < 4.78 is 1.97. The first-order chi connectivity index (χ1) is 7.43. The maximum Gasteiger partial charge on any atom is 0.0686 e. The molecule has 76 valence electrons. The first-order valence-corrected chi connectivity index (χ1v) is 5.27. The molecule has 1 aliphatic rings. The van der Waals surface area contributed by atoms with E-state index in [1.165, 1.54) is 11.3 Å². The van der Waals surface area contributed by atoms with E-state index in [0.717, 1.165) is 25.2 Å². The highest BCUT2D eigenvalue weighted by Crippen LogP contribution is 2.14. The zero-order valence-corrected chi connectivity index (χ0v) is 8.48. The lowest BCUT2D eigenvalue weighted by Crippen LogP contribution is -2.22. The van der Waals surface area contributed by atoms with Crippen LogP contribution < -0.4 is 5.32 Å². The average Bonchev–Trinajstić information content (AvgIpc) is 2.74. The lowest BCUT2D eigenvalue weighted by Gasteiger charge is -2.09. The smallest absolute Gasteiger partial charge is 0.0686 e. The molecule has 3 rings (SSSR count). The van der Waals surface area contributed by atoms with Crippen LogP contribution in [0.5, 0.6) is 0 Å². The molecule has 3 heteroatoms. The molecule has 0 atom stereocenters. The van der Waals surface area contributed by atoms with Crippen LogP contribution in [0.2, 0.25) is 0 Å². The molecule has 1 aliphatic heterocycles. The number of aromatic nitrogens is 2. The van der Waals surface area contributed by atoms with Crippen LogP contribution in [0.4, 0.5) is 0 Å². The van der Waals surface area contributed by atoms with E-state index in [1.807, 2.05) is 22.9 Å². The van der Waals surface area contributed by atoms with Crippen LogP contribution in [-0.4, -0.2) is 16.3 Å². The van der Waals surface area contributed by atoms with Gasteiger partial charge in [0.25, 0.3) is 0 Å². The lowest BCUT2D eigenvalue weighted by molar-refractivity contribution is 0.635. The fourth-order valence-corrected chi connectivity index (χ4v) is 1.95. The van der Waals surface area contributed by atoms with Crippen molar-refractivity contribution in [1.82, 2.24) is 15.1 Å². The van der Waals surface area contributed by atoms with Crippen LogP contribution >= 0.6 is 0 Å². The molecule has 0 unspecified atom stereocenters. The third kappa shape index (κ3) is 1.55. The van der Waals surface area contributed by atoms with Crippen molar-refractivity contribution in [1.29, 1.82) is 0 Å². The molecule has 0 saturated heterocycles. The summed E-state index contributed by atoms with van der Waals surface area (Å²) in [5.41, 5.74) is 3.69. The zero-order chi connectivity index (χ0) is 10.1. The number of hydrogen-bond donors (Lipinski definition) is 1. The maximum absolute atomic E-state index is 4.60. The minimum atomic E-state index is 0.947. The van der Waals surface area contributed by atoms with Crippen molar-refractivity contribution >= 4 is 0 Å². The molecule has 1 aromatic heterocycles. The van der Waals surface area contributed by atoms with Gasteiger partial charge in [-0.15, -0.1) is 0 Å². The van der Waals surface area contributed by atoms with Crippen molar-refractivity contribution < 1.29 is 0 Å². The number of nitrogens with zero attached hydrogens (tertiary/aromatic N) is 2. The van der Waals surface area contributed by atoms with Gasteiger partial charge in [0, 0.05) is 31.3 Å². The molecule has 0 amide bonds. The fourth-order valence-electron chi connectivity index (χ4n) is 1.95. The molecule has 0 aliphatic carbocycles. The molecule has 0 saturated carbocycles. The van der Waals surface area contributed by atoms with E-state index >= 15 is 0 Å². The number of nitrogens with one attached hydrogen (secondary N) is 1. The molecule has 1 N–H and O–H groups in total. The summed E-state index contributed by atoms with van der Waals surface area (Å²) in [5.74, 6) is 0. The molecule has 2 heterocycles. The van der Waals surface area contributed by atoms with Crippen molar-refractivity contribution in [2.75, 3.05) is 6.54 Å². The largest absolute Gasteiger partial charge is 0.312 e. The second kappa shape index (κ2) is 3.51. The number of rotatable bonds is 1. The SMILES string of the molecule is c1ccc(-n2cc3c(n2)CCNC3)cc1. The van der Waals surface area contributed by atoms with E-state index in [1.54, 1.807) is 0 Å². The van der Waals surface area contributed by atoms with E-state index < -0.39 is 0 Å². The van der Waals surface area contributed by atoms with E-state index in [-0.39, 0.29) is 0 Å². The number of fused-ring (bicyclic) bond motifs is 1. The number of hydrogen-bond acceptors (Lipinski definition) is 2. The van der Waals surface area contributed by atoms with E-state index in [9.17, 15) is 0 Å². The highest BCUT2D eigenvalue weighted by molar-refractivity contribution is 5.33. The van der Waals surface area contributed by atoms with E-state index in [2.05, 4.69) is 28.7 Å². The first kappa shape index (κ1) is 8.68. The van der Waals surface area contributed by atoms with Gasteiger partial charge in [-0.05, 0) is 12.1 Å². The van der Waals surface area contributed by atoms with E-state index in [0.29, 0.717) is 0 Å². The predicted molar refractivity (Wildman–Crippen MR) is 59.0 cm³/mol. The standard InChI is InChI=1S/C12H13N3/c1-2-4-11(5-3-1)15-9-10-8-13-7-6-12(10)14-15/h1-5,9,13H,6-8H2.